The summed E-state index contributed by atoms with van der Waals surface area (Å²) in [4.78, 5) is 10.8. The Balaban J connectivity index is 4.16. The summed E-state index contributed by atoms with van der Waals surface area (Å²) in [7, 11) is 0. The minimum Gasteiger partial charge on any atom is -0.410 e. The van der Waals surface area contributed by atoms with Gasteiger partial charge in [-0.3, -0.25) is 4.79 Å². The first kappa shape index (κ1) is 9.43. The average molecular weight is 155 g/mol. The zero-order chi connectivity index (χ0) is 8.85. The highest BCUT2D eigenvalue weighted by molar-refractivity contribution is 6.45. The fraction of sp³-hybridized carbons (Fsp3) is 0.500. The zero-order valence-electron chi connectivity index (χ0n) is 6.33. The van der Waals surface area contributed by atoms with Crippen LogP contribution in [0.5, 0.6) is 0 Å². The Morgan fingerprint density at radius 3 is 2.55 bits per heavy atom. The molecule has 0 aromatic carbocycles. The minimum atomic E-state index is -0.662. The molecule has 0 fully saturated rings. The summed E-state index contributed by atoms with van der Waals surface area (Å²) in [5.74, 6) is -0.662. The number of carbonyl (C=O) groups excluding carboxylic acids is 1. The third-order valence-corrected chi connectivity index (χ3v) is 0.841. The Labute approximate surface area is 64.3 Å². The molecule has 5 heteroatoms. The van der Waals surface area contributed by atoms with Crippen LogP contribution in [0.4, 0.5) is 0 Å². The Morgan fingerprint density at radius 1 is 1.73 bits per heavy atom. The van der Waals surface area contributed by atoms with Crippen molar-refractivity contribution < 1.29 is 10.0 Å². The molecule has 0 spiro atoms. The van der Waals surface area contributed by atoms with Gasteiger partial charge in [-0.2, -0.15) is 5.26 Å². The highest BCUT2D eigenvalue weighted by atomic mass is 16.4. The maximum Gasteiger partial charge on any atom is 0.284 e. The van der Waals surface area contributed by atoms with E-state index in [4.69, 9.17) is 10.5 Å². The predicted molar refractivity (Wildman–Crippen MR) is 38.1 cm³/mol. The lowest BCUT2D eigenvalue weighted by atomic mass is 10.3. The molecule has 0 aliphatic heterocycles. The molecule has 0 heterocycles. The van der Waals surface area contributed by atoms with E-state index in [1.807, 2.05) is 0 Å². The van der Waals surface area contributed by atoms with E-state index in [0.717, 1.165) is 0 Å². The Morgan fingerprint density at radius 2 is 2.27 bits per heavy atom. The van der Waals surface area contributed by atoms with Crippen LogP contribution >= 0.6 is 0 Å². The van der Waals surface area contributed by atoms with Crippen molar-refractivity contribution in [2.24, 2.45) is 5.16 Å². The van der Waals surface area contributed by atoms with Crippen LogP contribution in [0.15, 0.2) is 5.16 Å². The van der Waals surface area contributed by atoms with Crippen molar-refractivity contribution in [3.8, 4) is 6.07 Å². The standard InChI is InChI=1S/C6H9N3O2/c1-4(2)8-6(10)5(3-7)9-11/h4,11H,1-2H3,(H,8,10)/b9-5+. The van der Waals surface area contributed by atoms with E-state index in [0.29, 0.717) is 0 Å². The molecule has 0 aromatic rings. The van der Waals surface area contributed by atoms with E-state index >= 15 is 0 Å². The van der Waals surface area contributed by atoms with Gasteiger partial charge in [0.2, 0.25) is 5.71 Å². The summed E-state index contributed by atoms with van der Waals surface area (Å²) in [5.41, 5.74) is -0.529. The van der Waals surface area contributed by atoms with Gasteiger partial charge in [-0.25, -0.2) is 0 Å². The van der Waals surface area contributed by atoms with E-state index in [1.54, 1.807) is 13.8 Å². The smallest absolute Gasteiger partial charge is 0.284 e. The number of carbonyl (C=O) groups is 1. The van der Waals surface area contributed by atoms with Gasteiger partial charge in [-0.15, -0.1) is 0 Å². The van der Waals surface area contributed by atoms with Gasteiger partial charge < -0.3 is 10.5 Å². The first-order chi connectivity index (χ1) is 5.11. The second kappa shape index (κ2) is 4.28. The first-order valence-electron chi connectivity index (χ1n) is 3.04. The van der Waals surface area contributed by atoms with Crippen LogP contribution in [0.1, 0.15) is 13.8 Å². The summed E-state index contributed by atoms with van der Waals surface area (Å²) in [6.07, 6.45) is 0. The molecule has 60 valence electrons. The van der Waals surface area contributed by atoms with Crippen molar-refractivity contribution in [1.29, 1.82) is 5.26 Å². The van der Waals surface area contributed by atoms with Crippen LogP contribution in [0.3, 0.4) is 0 Å². The van der Waals surface area contributed by atoms with E-state index < -0.39 is 11.6 Å². The molecular weight excluding hydrogens is 146 g/mol. The molecule has 1 amide bonds. The average Bonchev–Trinajstić information content (AvgIpc) is 1.88. The quantitative estimate of drug-likeness (QED) is 0.330. The molecule has 5 nitrogen and oxygen atoms in total. The number of oxime groups is 1. The molecule has 0 rings (SSSR count). The molecule has 11 heavy (non-hydrogen) atoms. The summed E-state index contributed by atoms with van der Waals surface area (Å²) >= 11 is 0. The lowest BCUT2D eigenvalue weighted by molar-refractivity contribution is -0.115. The summed E-state index contributed by atoms with van der Waals surface area (Å²) < 4.78 is 0. The maximum absolute atomic E-state index is 10.8. The van der Waals surface area contributed by atoms with Gasteiger partial charge in [0, 0.05) is 6.04 Å². The number of amides is 1. The lowest BCUT2D eigenvalue weighted by Crippen LogP contribution is -2.35. The largest absolute Gasteiger partial charge is 0.410 e. The van der Waals surface area contributed by atoms with Gasteiger partial charge >= 0.3 is 0 Å². The zero-order valence-corrected chi connectivity index (χ0v) is 6.33. The predicted octanol–water partition coefficient (Wildman–Crippen LogP) is -0.135. The summed E-state index contributed by atoms with van der Waals surface area (Å²) in [6, 6.07) is 1.37. The monoisotopic (exact) mass is 155 g/mol. The van der Waals surface area contributed by atoms with Crippen molar-refractivity contribution in [2.45, 2.75) is 19.9 Å². The van der Waals surface area contributed by atoms with Crippen LogP contribution in [-0.2, 0) is 4.79 Å². The molecule has 0 saturated carbocycles. The van der Waals surface area contributed by atoms with Crippen molar-refractivity contribution >= 4 is 11.6 Å². The minimum absolute atomic E-state index is 0.0763. The van der Waals surface area contributed by atoms with E-state index in [-0.39, 0.29) is 6.04 Å². The lowest BCUT2D eigenvalue weighted by Gasteiger charge is -2.04. The number of nitrogens with one attached hydrogen (secondary N) is 1. The summed E-state index contributed by atoms with van der Waals surface area (Å²) in [5, 5.41) is 21.2. The van der Waals surface area contributed by atoms with Crippen LogP contribution < -0.4 is 5.32 Å². The molecule has 0 bridgehead atoms. The van der Waals surface area contributed by atoms with Crippen LogP contribution in [0, 0.1) is 11.3 Å². The Kier molecular flexibility index (Phi) is 3.67. The highest BCUT2D eigenvalue weighted by Gasteiger charge is 2.11. The number of nitrogens with zero attached hydrogens (tertiary/aromatic N) is 2. The van der Waals surface area contributed by atoms with Gasteiger partial charge in [0.1, 0.15) is 6.07 Å². The number of rotatable bonds is 2. The normalized spacial score (nSPS) is 10.9. The van der Waals surface area contributed by atoms with Crippen LogP contribution in [0.25, 0.3) is 0 Å². The number of hydrogen-bond acceptors (Lipinski definition) is 4. The molecule has 0 atom stereocenters. The van der Waals surface area contributed by atoms with Gasteiger partial charge in [-0.1, -0.05) is 5.16 Å². The molecule has 0 aromatic heterocycles. The molecule has 0 aliphatic carbocycles. The second-order valence-electron chi connectivity index (χ2n) is 2.19. The van der Waals surface area contributed by atoms with E-state index in [2.05, 4.69) is 10.5 Å². The first-order valence-corrected chi connectivity index (χ1v) is 3.04. The van der Waals surface area contributed by atoms with Crippen molar-refractivity contribution in [1.82, 2.24) is 5.32 Å². The number of nitriles is 1. The van der Waals surface area contributed by atoms with Crippen molar-refractivity contribution in [3.63, 3.8) is 0 Å². The fourth-order valence-corrected chi connectivity index (χ4v) is 0.449. The summed E-state index contributed by atoms with van der Waals surface area (Å²) in [6.45, 7) is 3.48. The van der Waals surface area contributed by atoms with E-state index in [9.17, 15) is 4.79 Å². The molecule has 0 aliphatic rings. The number of hydrogen-bond donors (Lipinski definition) is 2. The topological polar surface area (TPSA) is 85.5 Å². The second-order valence-corrected chi connectivity index (χ2v) is 2.19. The fourth-order valence-electron chi connectivity index (χ4n) is 0.449. The molecular formula is C6H9N3O2. The van der Waals surface area contributed by atoms with Gasteiger partial charge in [0.15, 0.2) is 0 Å². The SMILES string of the molecule is CC(C)NC(=O)/C(C#N)=N/O. The molecule has 2 N–H and O–H groups in total. The third-order valence-electron chi connectivity index (χ3n) is 0.841. The van der Waals surface area contributed by atoms with E-state index in [1.165, 1.54) is 6.07 Å². The molecule has 0 unspecified atom stereocenters. The van der Waals surface area contributed by atoms with Gasteiger partial charge in [0.05, 0.1) is 0 Å². The van der Waals surface area contributed by atoms with Crippen molar-refractivity contribution in [3.05, 3.63) is 0 Å². The highest BCUT2D eigenvalue weighted by Crippen LogP contribution is 1.80. The van der Waals surface area contributed by atoms with Crippen LogP contribution in [-0.4, -0.2) is 22.9 Å². The Hall–Kier alpha value is -1.57. The van der Waals surface area contributed by atoms with Gasteiger partial charge in [0.25, 0.3) is 5.91 Å². The maximum atomic E-state index is 10.8. The van der Waals surface area contributed by atoms with Crippen molar-refractivity contribution in [2.75, 3.05) is 0 Å². The molecule has 0 radical (unpaired) electrons. The molecule has 0 saturated heterocycles. The van der Waals surface area contributed by atoms with Gasteiger partial charge in [-0.05, 0) is 13.8 Å². The van der Waals surface area contributed by atoms with Crippen LogP contribution in [0.2, 0.25) is 0 Å². The Bertz CT molecular complexity index is 214. The third kappa shape index (κ3) is 3.20.